The fourth-order valence-electron chi connectivity index (χ4n) is 3.09. The van der Waals surface area contributed by atoms with Crippen LogP contribution in [0.3, 0.4) is 0 Å². The number of hydrogen-bond acceptors (Lipinski definition) is 4. The van der Waals surface area contributed by atoms with Crippen LogP contribution in [0.4, 0.5) is 10.1 Å². The molecule has 0 atom stereocenters. The Morgan fingerprint density at radius 3 is 2.28 bits per heavy atom. The number of carbonyl (C=O) groups is 2. The maximum atomic E-state index is 13.1. The van der Waals surface area contributed by atoms with Crippen molar-refractivity contribution >= 4 is 27.5 Å². The van der Waals surface area contributed by atoms with Gasteiger partial charge in [0.1, 0.15) is 5.82 Å². The molecule has 9 heteroatoms. The van der Waals surface area contributed by atoms with E-state index in [4.69, 9.17) is 0 Å². The first-order chi connectivity index (χ1) is 13.9. The Morgan fingerprint density at radius 1 is 0.931 bits per heavy atom. The number of rotatable bonds is 6. The number of amides is 2. The summed E-state index contributed by atoms with van der Waals surface area (Å²) < 4.78 is 39.7. The van der Waals surface area contributed by atoms with E-state index in [1.165, 1.54) is 22.5 Å². The Balaban J connectivity index is 1.47. The Labute approximate surface area is 169 Å². The van der Waals surface area contributed by atoms with E-state index < -0.39 is 15.8 Å². The minimum Gasteiger partial charge on any atom is -0.340 e. The number of anilines is 1. The second-order valence-corrected chi connectivity index (χ2v) is 8.59. The summed E-state index contributed by atoms with van der Waals surface area (Å²) >= 11 is 0. The molecule has 0 spiro atoms. The normalized spacial score (nSPS) is 15.1. The van der Waals surface area contributed by atoms with Crippen molar-refractivity contribution in [2.75, 3.05) is 31.5 Å². The van der Waals surface area contributed by atoms with Gasteiger partial charge in [-0.2, -0.15) is 4.31 Å². The lowest BCUT2D eigenvalue weighted by molar-refractivity contribution is -0.133. The van der Waals surface area contributed by atoms with Gasteiger partial charge in [0.2, 0.25) is 21.8 Å². The van der Waals surface area contributed by atoms with E-state index in [2.05, 4.69) is 5.32 Å². The van der Waals surface area contributed by atoms with Crippen LogP contribution in [0.15, 0.2) is 59.5 Å². The first kappa shape index (κ1) is 20.9. The highest BCUT2D eigenvalue weighted by molar-refractivity contribution is 7.89. The summed E-state index contributed by atoms with van der Waals surface area (Å²) in [5, 5.41) is 2.55. The zero-order valence-electron chi connectivity index (χ0n) is 15.8. The quantitative estimate of drug-likeness (QED) is 0.777. The molecular weight excluding hydrogens is 397 g/mol. The van der Waals surface area contributed by atoms with Gasteiger partial charge in [-0.1, -0.05) is 24.3 Å². The zero-order chi connectivity index (χ0) is 20.9. The average molecular weight is 419 g/mol. The van der Waals surface area contributed by atoms with Gasteiger partial charge >= 0.3 is 0 Å². The molecule has 0 unspecified atom stereocenters. The summed E-state index contributed by atoms with van der Waals surface area (Å²) in [5.74, 6) is -1.05. The SMILES string of the molecule is O=C(CCC(=O)N1CCN(S(=O)(=O)c2ccccc2)CC1)Nc1cccc(F)c1. The van der Waals surface area contributed by atoms with Crippen molar-refractivity contribution < 1.29 is 22.4 Å². The fraction of sp³-hybridized carbons (Fsp3) is 0.300. The van der Waals surface area contributed by atoms with E-state index in [1.807, 2.05) is 0 Å². The predicted molar refractivity (Wildman–Crippen MR) is 106 cm³/mol. The summed E-state index contributed by atoms with van der Waals surface area (Å²) in [4.78, 5) is 26.1. The van der Waals surface area contributed by atoms with Crippen LogP contribution in [0.1, 0.15) is 12.8 Å². The van der Waals surface area contributed by atoms with Crippen LogP contribution in [0, 0.1) is 5.82 Å². The molecule has 1 saturated heterocycles. The van der Waals surface area contributed by atoms with Gasteiger partial charge in [0.15, 0.2) is 0 Å². The van der Waals surface area contributed by atoms with Crippen molar-refractivity contribution in [1.82, 2.24) is 9.21 Å². The van der Waals surface area contributed by atoms with Gasteiger partial charge in [0.25, 0.3) is 0 Å². The number of hydrogen-bond donors (Lipinski definition) is 1. The molecule has 2 aromatic carbocycles. The first-order valence-electron chi connectivity index (χ1n) is 9.24. The minimum absolute atomic E-state index is 0.00653. The molecule has 3 rings (SSSR count). The largest absolute Gasteiger partial charge is 0.340 e. The average Bonchev–Trinajstić information content (AvgIpc) is 2.73. The third kappa shape index (κ3) is 5.39. The third-order valence-electron chi connectivity index (χ3n) is 4.65. The molecule has 29 heavy (non-hydrogen) atoms. The van der Waals surface area contributed by atoms with E-state index in [1.54, 1.807) is 41.3 Å². The van der Waals surface area contributed by atoms with Gasteiger partial charge in [0, 0.05) is 44.7 Å². The standard InChI is InChI=1S/C20H22FN3O4S/c21-16-5-4-6-17(15-16)22-19(25)9-10-20(26)23-11-13-24(14-12-23)29(27,28)18-7-2-1-3-8-18/h1-8,15H,9-14H2,(H,22,25). The van der Waals surface area contributed by atoms with Crippen LogP contribution >= 0.6 is 0 Å². The molecular formula is C20H22FN3O4S. The van der Waals surface area contributed by atoms with Gasteiger partial charge in [-0.25, -0.2) is 12.8 Å². The maximum Gasteiger partial charge on any atom is 0.243 e. The molecule has 2 aromatic rings. The molecule has 1 N–H and O–H groups in total. The topological polar surface area (TPSA) is 86.8 Å². The molecule has 2 amide bonds. The summed E-state index contributed by atoms with van der Waals surface area (Å²) in [6.45, 7) is 0.962. The van der Waals surface area contributed by atoms with Crippen molar-refractivity contribution in [1.29, 1.82) is 0 Å². The molecule has 0 aliphatic carbocycles. The first-order valence-corrected chi connectivity index (χ1v) is 10.7. The smallest absolute Gasteiger partial charge is 0.243 e. The maximum absolute atomic E-state index is 13.1. The highest BCUT2D eigenvalue weighted by Gasteiger charge is 2.29. The number of benzene rings is 2. The summed E-state index contributed by atoms with van der Waals surface area (Å²) in [5.41, 5.74) is 0.335. The van der Waals surface area contributed by atoms with Crippen LogP contribution in [0.25, 0.3) is 0 Å². The molecule has 0 radical (unpaired) electrons. The number of piperazine rings is 1. The van der Waals surface area contributed by atoms with E-state index in [0.717, 1.165) is 0 Å². The van der Waals surface area contributed by atoms with Crippen molar-refractivity contribution in [2.45, 2.75) is 17.7 Å². The van der Waals surface area contributed by atoms with Crippen LogP contribution in [0.5, 0.6) is 0 Å². The highest BCUT2D eigenvalue weighted by atomic mass is 32.2. The fourth-order valence-corrected chi connectivity index (χ4v) is 4.53. The molecule has 1 aliphatic rings. The van der Waals surface area contributed by atoms with Crippen LogP contribution in [-0.2, 0) is 19.6 Å². The number of nitrogens with one attached hydrogen (secondary N) is 1. The van der Waals surface area contributed by atoms with E-state index in [-0.39, 0.29) is 55.7 Å². The Kier molecular flexibility index (Phi) is 6.60. The third-order valence-corrected chi connectivity index (χ3v) is 6.56. The van der Waals surface area contributed by atoms with Crippen LogP contribution in [-0.4, -0.2) is 55.6 Å². The monoisotopic (exact) mass is 419 g/mol. The lowest BCUT2D eigenvalue weighted by Crippen LogP contribution is -2.50. The Bertz CT molecular complexity index is 974. The second kappa shape index (κ2) is 9.15. The second-order valence-electron chi connectivity index (χ2n) is 6.66. The lowest BCUT2D eigenvalue weighted by atomic mass is 10.2. The molecule has 0 aromatic heterocycles. The number of halogens is 1. The van der Waals surface area contributed by atoms with Crippen molar-refractivity contribution in [3.05, 3.63) is 60.4 Å². The number of carbonyl (C=O) groups excluding carboxylic acids is 2. The summed E-state index contributed by atoms with van der Waals surface area (Å²) in [6, 6.07) is 13.7. The molecule has 1 fully saturated rings. The minimum atomic E-state index is -3.57. The molecule has 154 valence electrons. The van der Waals surface area contributed by atoms with Crippen molar-refractivity contribution in [3.63, 3.8) is 0 Å². The van der Waals surface area contributed by atoms with Gasteiger partial charge in [-0.05, 0) is 30.3 Å². The summed E-state index contributed by atoms with van der Waals surface area (Å²) in [7, 11) is -3.57. The molecule has 1 aliphatic heterocycles. The van der Waals surface area contributed by atoms with Crippen LogP contribution in [0.2, 0.25) is 0 Å². The molecule has 1 heterocycles. The Morgan fingerprint density at radius 2 is 1.62 bits per heavy atom. The summed E-state index contributed by atoms with van der Waals surface area (Å²) in [6.07, 6.45) is -0.0234. The predicted octanol–water partition coefficient (Wildman–Crippen LogP) is 2.08. The molecule has 0 bridgehead atoms. The van der Waals surface area contributed by atoms with Crippen molar-refractivity contribution in [3.8, 4) is 0 Å². The van der Waals surface area contributed by atoms with Gasteiger partial charge < -0.3 is 10.2 Å². The van der Waals surface area contributed by atoms with E-state index >= 15 is 0 Å². The highest BCUT2D eigenvalue weighted by Crippen LogP contribution is 2.18. The number of nitrogens with zero attached hydrogens (tertiary/aromatic N) is 2. The van der Waals surface area contributed by atoms with E-state index in [0.29, 0.717) is 5.69 Å². The van der Waals surface area contributed by atoms with Crippen LogP contribution < -0.4 is 5.32 Å². The number of sulfonamides is 1. The molecule has 0 saturated carbocycles. The molecule has 7 nitrogen and oxygen atoms in total. The zero-order valence-corrected chi connectivity index (χ0v) is 16.6. The Hall–Kier alpha value is -2.78. The van der Waals surface area contributed by atoms with E-state index in [9.17, 15) is 22.4 Å². The van der Waals surface area contributed by atoms with Gasteiger partial charge in [0.05, 0.1) is 4.90 Å². The van der Waals surface area contributed by atoms with Gasteiger partial charge in [-0.15, -0.1) is 0 Å². The lowest BCUT2D eigenvalue weighted by Gasteiger charge is -2.34. The van der Waals surface area contributed by atoms with Crippen molar-refractivity contribution in [2.24, 2.45) is 0 Å². The van der Waals surface area contributed by atoms with Gasteiger partial charge in [-0.3, -0.25) is 9.59 Å².